The standard InChI is InChI=1S/C21H25FN4OS/c1-4-18-17(20-13(2)12-24-26(20)3)10-19(28-18)21(27)25-16(11-23)9-14-6-5-7-15(22)8-14/h5-8,10,12,16H,4,9,11,23H2,1-3H3,(H,25,27)/t16-/m0/s1. The Morgan fingerprint density at radius 3 is 2.79 bits per heavy atom. The maximum Gasteiger partial charge on any atom is 0.261 e. The number of hydrogen-bond acceptors (Lipinski definition) is 4. The average Bonchev–Trinajstić information content (AvgIpc) is 3.23. The summed E-state index contributed by atoms with van der Waals surface area (Å²) in [7, 11) is 1.91. The quantitative estimate of drug-likeness (QED) is 0.638. The normalized spacial score (nSPS) is 12.2. The van der Waals surface area contributed by atoms with E-state index in [4.69, 9.17) is 5.73 Å². The van der Waals surface area contributed by atoms with Crippen LogP contribution in [-0.2, 0) is 19.9 Å². The largest absolute Gasteiger partial charge is 0.347 e. The molecule has 148 valence electrons. The van der Waals surface area contributed by atoms with Crippen molar-refractivity contribution in [1.29, 1.82) is 0 Å². The Morgan fingerprint density at radius 1 is 1.39 bits per heavy atom. The molecular weight excluding hydrogens is 375 g/mol. The minimum absolute atomic E-state index is 0.155. The number of carbonyl (C=O) groups is 1. The van der Waals surface area contributed by atoms with Crippen molar-refractivity contribution in [3.8, 4) is 11.3 Å². The molecule has 1 atom stereocenters. The molecular formula is C21H25FN4OS. The second-order valence-corrected chi connectivity index (χ2v) is 7.98. The molecule has 0 saturated heterocycles. The summed E-state index contributed by atoms with van der Waals surface area (Å²) in [5.41, 5.74) is 9.81. The first-order valence-electron chi connectivity index (χ1n) is 9.30. The topological polar surface area (TPSA) is 72.9 Å². The summed E-state index contributed by atoms with van der Waals surface area (Å²) in [6, 6.07) is 8.04. The summed E-state index contributed by atoms with van der Waals surface area (Å²) in [5.74, 6) is -0.445. The predicted molar refractivity (Wildman–Crippen MR) is 111 cm³/mol. The van der Waals surface area contributed by atoms with Crippen LogP contribution >= 0.6 is 11.3 Å². The Balaban J connectivity index is 1.80. The van der Waals surface area contributed by atoms with Crippen LogP contribution < -0.4 is 11.1 Å². The lowest BCUT2D eigenvalue weighted by atomic mass is 10.1. The SMILES string of the molecule is CCc1sc(C(=O)N[C@H](CN)Cc2cccc(F)c2)cc1-c1c(C)cnn1C. The smallest absolute Gasteiger partial charge is 0.261 e. The van der Waals surface area contributed by atoms with E-state index in [9.17, 15) is 9.18 Å². The molecule has 0 unspecified atom stereocenters. The molecule has 3 aromatic rings. The third-order valence-corrected chi connectivity index (χ3v) is 6.00. The maximum atomic E-state index is 13.4. The molecule has 0 saturated carbocycles. The first kappa shape index (κ1) is 20.2. The Morgan fingerprint density at radius 2 is 2.18 bits per heavy atom. The molecule has 0 bridgehead atoms. The number of aromatic nitrogens is 2. The minimum Gasteiger partial charge on any atom is -0.347 e. The summed E-state index contributed by atoms with van der Waals surface area (Å²) in [5, 5.41) is 7.30. The zero-order valence-corrected chi connectivity index (χ0v) is 17.1. The van der Waals surface area contributed by atoms with Gasteiger partial charge in [-0.25, -0.2) is 4.39 Å². The Kier molecular flexibility index (Phi) is 6.26. The molecule has 0 radical (unpaired) electrons. The number of halogens is 1. The van der Waals surface area contributed by atoms with Crippen LogP contribution in [0.4, 0.5) is 4.39 Å². The molecule has 0 aliphatic rings. The Hall–Kier alpha value is -2.51. The number of amides is 1. The van der Waals surface area contributed by atoms with Gasteiger partial charge >= 0.3 is 0 Å². The first-order chi connectivity index (χ1) is 13.4. The maximum absolute atomic E-state index is 13.4. The molecule has 2 aromatic heterocycles. The summed E-state index contributed by atoms with van der Waals surface area (Å²) in [6.07, 6.45) is 3.15. The van der Waals surface area contributed by atoms with E-state index in [0.717, 1.165) is 33.7 Å². The highest BCUT2D eigenvalue weighted by Crippen LogP contribution is 2.33. The third-order valence-electron chi connectivity index (χ3n) is 4.72. The van der Waals surface area contributed by atoms with E-state index >= 15 is 0 Å². The Bertz CT molecular complexity index is 959. The van der Waals surface area contributed by atoms with Gasteiger partial charge in [-0.1, -0.05) is 19.1 Å². The number of nitrogens with zero attached hydrogens (tertiary/aromatic N) is 2. The van der Waals surface area contributed by atoms with Crippen LogP contribution in [0.3, 0.4) is 0 Å². The van der Waals surface area contributed by atoms with E-state index < -0.39 is 0 Å². The minimum atomic E-state index is -0.290. The van der Waals surface area contributed by atoms with Crippen molar-refractivity contribution in [2.75, 3.05) is 6.54 Å². The molecule has 7 heteroatoms. The van der Waals surface area contributed by atoms with E-state index in [1.807, 2.05) is 37.0 Å². The van der Waals surface area contributed by atoms with Gasteiger partial charge in [0.05, 0.1) is 16.8 Å². The van der Waals surface area contributed by atoms with Crippen LogP contribution in [0.2, 0.25) is 0 Å². The van der Waals surface area contributed by atoms with E-state index in [1.165, 1.54) is 23.5 Å². The molecule has 28 heavy (non-hydrogen) atoms. The molecule has 0 fully saturated rings. The van der Waals surface area contributed by atoms with Crippen molar-refractivity contribution < 1.29 is 9.18 Å². The van der Waals surface area contributed by atoms with Gasteiger partial charge in [-0.15, -0.1) is 11.3 Å². The third kappa shape index (κ3) is 4.31. The highest BCUT2D eigenvalue weighted by molar-refractivity contribution is 7.14. The molecule has 1 aromatic carbocycles. The van der Waals surface area contributed by atoms with Gasteiger partial charge < -0.3 is 11.1 Å². The lowest BCUT2D eigenvalue weighted by Gasteiger charge is -2.16. The number of carbonyl (C=O) groups excluding carboxylic acids is 1. The van der Waals surface area contributed by atoms with Gasteiger partial charge in [-0.2, -0.15) is 5.10 Å². The predicted octanol–water partition coefficient (Wildman–Crippen LogP) is 3.46. The van der Waals surface area contributed by atoms with E-state index in [0.29, 0.717) is 11.3 Å². The van der Waals surface area contributed by atoms with Crippen molar-refractivity contribution >= 4 is 17.2 Å². The van der Waals surface area contributed by atoms with Crippen molar-refractivity contribution in [2.45, 2.75) is 32.7 Å². The number of benzene rings is 1. The molecule has 3 N–H and O–H groups in total. The first-order valence-corrected chi connectivity index (χ1v) is 10.1. The van der Waals surface area contributed by atoms with Gasteiger partial charge in [0.25, 0.3) is 5.91 Å². The van der Waals surface area contributed by atoms with E-state index in [-0.39, 0.29) is 24.3 Å². The van der Waals surface area contributed by atoms with Gasteiger partial charge in [0.15, 0.2) is 0 Å². The molecule has 0 spiro atoms. The number of rotatable bonds is 7. The van der Waals surface area contributed by atoms with Crippen molar-refractivity contribution in [3.63, 3.8) is 0 Å². The lowest BCUT2D eigenvalue weighted by molar-refractivity contribution is 0.0942. The summed E-state index contributed by atoms with van der Waals surface area (Å²) in [4.78, 5) is 14.6. The molecule has 0 aliphatic carbocycles. The summed E-state index contributed by atoms with van der Waals surface area (Å²) in [6.45, 7) is 4.37. The second kappa shape index (κ2) is 8.67. The molecule has 2 heterocycles. The van der Waals surface area contributed by atoms with Crippen LogP contribution in [0.1, 0.15) is 32.6 Å². The fraction of sp³-hybridized carbons (Fsp3) is 0.333. The zero-order valence-electron chi connectivity index (χ0n) is 16.3. The molecule has 3 rings (SSSR count). The average molecular weight is 401 g/mol. The molecule has 5 nitrogen and oxygen atoms in total. The van der Waals surface area contributed by atoms with Gasteiger partial charge in [0, 0.05) is 30.1 Å². The van der Waals surface area contributed by atoms with Gasteiger partial charge in [0.2, 0.25) is 0 Å². The van der Waals surface area contributed by atoms with Crippen LogP contribution in [0.25, 0.3) is 11.3 Å². The number of aryl methyl sites for hydroxylation is 3. The monoisotopic (exact) mass is 400 g/mol. The van der Waals surface area contributed by atoms with E-state index in [1.54, 1.807) is 6.07 Å². The van der Waals surface area contributed by atoms with Gasteiger partial charge in [-0.3, -0.25) is 9.48 Å². The number of nitrogens with two attached hydrogens (primary N) is 1. The lowest BCUT2D eigenvalue weighted by Crippen LogP contribution is -2.41. The van der Waals surface area contributed by atoms with Crippen molar-refractivity contribution in [2.24, 2.45) is 12.8 Å². The van der Waals surface area contributed by atoms with Crippen LogP contribution in [0, 0.1) is 12.7 Å². The number of thiophene rings is 1. The summed E-state index contributed by atoms with van der Waals surface area (Å²) >= 11 is 1.49. The van der Waals surface area contributed by atoms with E-state index in [2.05, 4.69) is 17.3 Å². The van der Waals surface area contributed by atoms with Crippen LogP contribution in [0.15, 0.2) is 36.5 Å². The second-order valence-electron chi connectivity index (χ2n) is 6.84. The van der Waals surface area contributed by atoms with Gasteiger partial charge in [0.1, 0.15) is 5.82 Å². The van der Waals surface area contributed by atoms with Crippen molar-refractivity contribution in [1.82, 2.24) is 15.1 Å². The summed E-state index contributed by atoms with van der Waals surface area (Å²) < 4.78 is 15.2. The van der Waals surface area contributed by atoms with Gasteiger partial charge in [-0.05, 0) is 49.1 Å². The fourth-order valence-corrected chi connectivity index (χ4v) is 4.34. The van der Waals surface area contributed by atoms with Crippen LogP contribution in [-0.4, -0.2) is 28.3 Å². The highest BCUT2D eigenvalue weighted by atomic mass is 32.1. The fourth-order valence-electron chi connectivity index (χ4n) is 3.34. The molecule has 1 amide bonds. The molecule has 0 aliphatic heterocycles. The highest BCUT2D eigenvalue weighted by Gasteiger charge is 2.20. The Labute approximate surface area is 168 Å². The number of hydrogen-bond donors (Lipinski definition) is 2. The zero-order chi connectivity index (χ0) is 20.3. The number of nitrogens with one attached hydrogen (secondary N) is 1. The van der Waals surface area contributed by atoms with Crippen molar-refractivity contribution in [3.05, 3.63) is 63.2 Å². The van der Waals surface area contributed by atoms with Crippen LogP contribution in [0.5, 0.6) is 0 Å².